The van der Waals surface area contributed by atoms with Crippen LogP contribution in [0.25, 0.3) is 0 Å². The molecule has 1 unspecified atom stereocenters. The molecule has 0 saturated heterocycles. The van der Waals surface area contributed by atoms with Gasteiger partial charge in [0, 0.05) is 0 Å². The van der Waals surface area contributed by atoms with Crippen molar-refractivity contribution in [2.75, 3.05) is 6.61 Å². The van der Waals surface area contributed by atoms with E-state index in [1.54, 1.807) is 27.7 Å². The highest BCUT2D eigenvalue weighted by molar-refractivity contribution is 5.77. The van der Waals surface area contributed by atoms with E-state index in [4.69, 9.17) is 14.2 Å². The van der Waals surface area contributed by atoms with Crippen LogP contribution in [0.3, 0.4) is 0 Å². The zero-order valence-electron chi connectivity index (χ0n) is 62.5. The highest BCUT2D eigenvalue weighted by Crippen LogP contribution is 2.40. The minimum Gasteiger partial charge on any atom is -0.462 e. The average Bonchev–Trinajstić information content (AvgIpc) is 0.975. The lowest BCUT2D eigenvalue weighted by Gasteiger charge is -2.37. The second kappa shape index (κ2) is 39.2. The first-order chi connectivity index (χ1) is 41.0. The van der Waals surface area contributed by atoms with Gasteiger partial charge < -0.3 is 23.7 Å². The van der Waals surface area contributed by atoms with Crippen molar-refractivity contribution in [1.82, 2.24) is 0 Å². The Labute approximate surface area is 549 Å². The highest BCUT2D eigenvalue weighted by atomic mass is 19.4. The molecule has 0 amide bonds. The van der Waals surface area contributed by atoms with Gasteiger partial charge in [-0.2, -0.15) is 22.0 Å². The molecule has 536 valence electrons. The van der Waals surface area contributed by atoms with Crippen molar-refractivity contribution >= 4 is 29.8 Å². The van der Waals surface area contributed by atoms with Gasteiger partial charge in [-0.3, -0.25) is 24.0 Å². The smallest absolute Gasteiger partial charge is 0.425 e. The van der Waals surface area contributed by atoms with Gasteiger partial charge in [0.05, 0.1) is 27.1 Å². The van der Waals surface area contributed by atoms with Crippen LogP contribution in [0.5, 0.6) is 0 Å². The fourth-order valence-corrected chi connectivity index (χ4v) is 8.33. The van der Waals surface area contributed by atoms with Crippen LogP contribution in [0, 0.1) is 50.2 Å². The van der Waals surface area contributed by atoms with Crippen LogP contribution in [0.2, 0.25) is 0 Å². The Kier molecular flexibility index (Phi) is 39.3. The van der Waals surface area contributed by atoms with Gasteiger partial charge in [-0.1, -0.05) is 155 Å². The van der Waals surface area contributed by atoms with Gasteiger partial charge in [0.1, 0.15) is 18.3 Å². The molecule has 0 spiro atoms. The number of carbonyl (C=O) groups is 5. The van der Waals surface area contributed by atoms with Gasteiger partial charge in [0.15, 0.2) is 12.7 Å². The SMILES string of the molecule is CCC(C)(C)C(=O)OC(C(C)C)C(C)C.CCC(C)(C)C(=O)OC(C)C(F)(F)F.CCC(C)(C)C(=O)OC1CCC(C(C)(C)C)CC1.CCC(C)(C)C(=O)OC1CCCCC1.CCC(C)(C)C(=O)OCC(F)(F)C(F)F.CCC(C)(C)c1ccc(C(C)(C)C)cc1. The van der Waals surface area contributed by atoms with Crippen molar-refractivity contribution in [3.8, 4) is 0 Å². The van der Waals surface area contributed by atoms with Crippen LogP contribution in [-0.2, 0) is 58.5 Å². The third kappa shape index (κ3) is 34.9. The summed E-state index contributed by atoms with van der Waals surface area (Å²) in [7, 11) is 0. The standard InChI is InChI=1S/C16H30O2.C15H24.C13H26O2.C12H22O2.C9H14F4O2.C9H15F3O2/c1-7-16(5,6)14(17)18-13-10-8-12(9-11-13)15(2,3)4;1-7-15(5,6)13-10-8-12(9-11-13)14(2,3)4;1-8-13(6,7)12(14)15-11(9(2)3)10(4)5;1-4-12(2,3)11(13)14-10-8-6-5-7-9-10;1-4-8(2,3)7(14)15-5-9(12,13)6(10)11;1-5-8(3,4)7(13)14-6(2)9(10,11)12/h12-13H,7-11H2,1-6H3;8-11H,7H2,1-6H3;9-11H,8H2,1-7H3;10H,4-9H2,1-3H3;6H,4-5H2,1-3H3;6H,5H2,1-4H3. The normalized spacial score (nSPS) is 16.8. The van der Waals surface area contributed by atoms with Gasteiger partial charge in [-0.05, 0) is 211 Å². The summed E-state index contributed by atoms with van der Waals surface area (Å²) in [6, 6.07) is 9.10. The third-order valence-corrected chi connectivity index (χ3v) is 18.6. The minimum absolute atomic E-state index is 0.0214. The Morgan fingerprint density at radius 2 is 0.769 bits per heavy atom. The number of carbonyl (C=O) groups excluding carboxylic acids is 5. The van der Waals surface area contributed by atoms with E-state index in [2.05, 4.69) is 124 Å². The van der Waals surface area contributed by atoms with E-state index >= 15 is 0 Å². The summed E-state index contributed by atoms with van der Waals surface area (Å²) in [5, 5.41) is 0. The molecule has 17 heteroatoms. The predicted octanol–water partition coefficient (Wildman–Crippen LogP) is 22.0. The molecule has 2 aliphatic rings. The van der Waals surface area contributed by atoms with E-state index in [9.17, 15) is 54.7 Å². The first-order valence-electron chi connectivity index (χ1n) is 33.8. The number of hydrogen-bond acceptors (Lipinski definition) is 10. The Hall–Kier alpha value is -3.92. The summed E-state index contributed by atoms with van der Waals surface area (Å²) in [5.41, 5.74) is 1.01. The number of esters is 5. The van der Waals surface area contributed by atoms with E-state index in [-0.39, 0.29) is 57.9 Å². The maximum atomic E-state index is 12.4. The average molecular weight is 1310 g/mol. The molecular weight excluding hydrogens is 1180 g/mol. The molecule has 1 atom stereocenters. The lowest BCUT2D eigenvalue weighted by atomic mass is 9.72. The summed E-state index contributed by atoms with van der Waals surface area (Å²) in [6.45, 7) is 55.5. The number of benzene rings is 1. The topological polar surface area (TPSA) is 132 Å². The van der Waals surface area contributed by atoms with E-state index in [1.807, 2.05) is 62.3 Å². The second-order valence-electron chi connectivity index (χ2n) is 31.7. The van der Waals surface area contributed by atoms with E-state index in [0.29, 0.717) is 35.5 Å². The summed E-state index contributed by atoms with van der Waals surface area (Å²) < 4.78 is 109. The number of ether oxygens (including phenoxy) is 5. The summed E-state index contributed by atoms with van der Waals surface area (Å²) in [4.78, 5) is 58.1. The Morgan fingerprint density at radius 1 is 0.440 bits per heavy atom. The molecular formula is C74H131F7O10. The maximum absolute atomic E-state index is 12.4. The number of hydrogen-bond donors (Lipinski definition) is 0. The van der Waals surface area contributed by atoms with Gasteiger partial charge in [0.2, 0.25) is 0 Å². The molecule has 0 heterocycles. The van der Waals surface area contributed by atoms with Crippen molar-refractivity contribution in [2.24, 2.45) is 50.2 Å². The molecule has 0 radical (unpaired) electrons. The van der Waals surface area contributed by atoms with Crippen molar-refractivity contribution in [1.29, 1.82) is 0 Å². The molecule has 0 N–H and O–H groups in total. The van der Waals surface area contributed by atoms with Crippen LogP contribution in [-0.4, -0.2) is 79.4 Å². The van der Waals surface area contributed by atoms with Crippen LogP contribution in [0.1, 0.15) is 308 Å². The van der Waals surface area contributed by atoms with Gasteiger partial charge in [-0.15, -0.1) is 0 Å². The highest BCUT2D eigenvalue weighted by Gasteiger charge is 2.44. The zero-order chi connectivity index (χ0) is 72.3. The summed E-state index contributed by atoms with van der Waals surface area (Å²) in [5.74, 6) is -4.59. The molecule has 91 heavy (non-hydrogen) atoms. The lowest BCUT2D eigenvalue weighted by molar-refractivity contribution is -0.221. The molecule has 0 bridgehead atoms. The quantitative estimate of drug-likeness (QED) is 0.0666. The van der Waals surface area contributed by atoms with E-state index < -0.39 is 54.0 Å². The summed E-state index contributed by atoms with van der Waals surface area (Å²) in [6.07, 6.45) is 4.82. The molecule has 0 aliphatic heterocycles. The van der Waals surface area contributed by atoms with Crippen molar-refractivity contribution in [3.05, 3.63) is 35.4 Å². The van der Waals surface area contributed by atoms with Gasteiger partial charge in [-0.25, -0.2) is 8.78 Å². The largest absolute Gasteiger partial charge is 0.462 e. The molecule has 0 aromatic heterocycles. The van der Waals surface area contributed by atoms with Gasteiger partial charge in [0.25, 0.3) is 0 Å². The summed E-state index contributed by atoms with van der Waals surface area (Å²) >= 11 is 0. The molecule has 2 aliphatic carbocycles. The van der Waals surface area contributed by atoms with Crippen molar-refractivity contribution < 1.29 is 78.4 Å². The lowest BCUT2D eigenvalue weighted by Crippen LogP contribution is -2.36. The fourth-order valence-electron chi connectivity index (χ4n) is 8.33. The Morgan fingerprint density at radius 3 is 1.08 bits per heavy atom. The van der Waals surface area contributed by atoms with Crippen LogP contribution in [0.15, 0.2) is 24.3 Å². The van der Waals surface area contributed by atoms with E-state index in [1.165, 1.54) is 63.5 Å². The predicted molar refractivity (Wildman–Crippen MR) is 356 cm³/mol. The minimum atomic E-state index is -4.49. The number of halogens is 7. The molecule has 2 fully saturated rings. The molecule has 1 aromatic rings. The third-order valence-electron chi connectivity index (χ3n) is 18.6. The molecule has 1 aromatic carbocycles. The van der Waals surface area contributed by atoms with Crippen LogP contribution < -0.4 is 0 Å². The van der Waals surface area contributed by atoms with Crippen molar-refractivity contribution in [2.45, 2.75) is 351 Å². The molecule has 3 rings (SSSR count). The van der Waals surface area contributed by atoms with Crippen molar-refractivity contribution in [3.63, 3.8) is 0 Å². The first kappa shape index (κ1) is 91.3. The second-order valence-corrected chi connectivity index (χ2v) is 31.7. The molecule has 2 saturated carbocycles. The monoisotopic (exact) mass is 1310 g/mol. The zero-order valence-corrected chi connectivity index (χ0v) is 62.5. The Bertz CT molecular complexity index is 2230. The fraction of sp³-hybridized carbons (Fsp3) is 0.851. The maximum Gasteiger partial charge on any atom is 0.425 e. The van der Waals surface area contributed by atoms with Gasteiger partial charge >= 0.3 is 48.4 Å². The Balaban J connectivity index is -0.00000102. The van der Waals surface area contributed by atoms with E-state index in [0.717, 1.165) is 57.8 Å². The number of alkyl halides is 7. The molecule has 10 nitrogen and oxygen atoms in total. The first-order valence-corrected chi connectivity index (χ1v) is 33.8. The number of rotatable bonds is 21. The van der Waals surface area contributed by atoms with Crippen LogP contribution in [0.4, 0.5) is 30.7 Å². The van der Waals surface area contributed by atoms with Crippen LogP contribution >= 0.6 is 0 Å².